The van der Waals surface area contributed by atoms with Gasteiger partial charge in [-0.3, -0.25) is 4.79 Å². The number of halogens is 2. The largest absolute Gasteiger partial charge is 0.435 e. The van der Waals surface area contributed by atoms with Gasteiger partial charge in [0.15, 0.2) is 0 Å². The zero-order chi connectivity index (χ0) is 19.4. The zero-order valence-electron chi connectivity index (χ0n) is 14.9. The minimum absolute atomic E-state index is 0.0139. The van der Waals surface area contributed by atoms with Crippen molar-refractivity contribution in [3.63, 3.8) is 0 Å². The van der Waals surface area contributed by atoms with Crippen molar-refractivity contribution in [3.8, 4) is 11.4 Å². The van der Waals surface area contributed by atoms with Gasteiger partial charge in [-0.25, -0.2) is 4.98 Å². The third-order valence-electron chi connectivity index (χ3n) is 4.19. The van der Waals surface area contributed by atoms with Gasteiger partial charge < -0.3 is 14.6 Å². The molecule has 1 N–H and O–H groups in total. The normalized spacial score (nSPS) is 12.0. The van der Waals surface area contributed by atoms with Crippen LogP contribution in [0.4, 0.5) is 8.78 Å². The number of alkyl halides is 2. The molecule has 0 aliphatic heterocycles. The fraction of sp³-hybridized carbons (Fsp3) is 0.200. The molecule has 1 amide bonds. The van der Waals surface area contributed by atoms with Crippen LogP contribution in [-0.2, 0) is 0 Å². The number of carbonyl (C=O) groups is 1. The maximum absolute atomic E-state index is 12.3. The van der Waals surface area contributed by atoms with Crippen molar-refractivity contribution in [2.75, 3.05) is 0 Å². The van der Waals surface area contributed by atoms with E-state index in [-0.39, 0.29) is 17.7 Å². The van der Waals surface area contributed by atoms with Crippen LogP contribution in [0, 0.1) is 6.92 Å². The summed E-state index contributed by atoms with van der Waals surface area (Å²) in [4.78, 5) is 16.5. The summed E-state index contributed by atoms with van der Waals surface area (Å²) in [6, 6.07) is 13.2. The SMILES string of the molecule is Cc1nccn1-c1ccc([C@H](C)NC(=O)c2ccc(OC(F)F)cc2)cc1. The Morgan fingerprint density at radius 2 is 1.78 bits per heavy atom. The highest BCUT2D eigenvalue weighted by atomic mass is 19.3. The second-order valence-corrected chi connectivity index (χ2v) is 6.03. The van der Waals surface area contributed by atoms with Gasteiger partial charge in [0, 0.05) is 23.6 Å². The molecule has 0 unspecified atom stereocenters. The van der Waals surface area contributed by atoms with Crippen LogP contribution in [0.5, 0.6) is 5.75 Å². The van der Waals surface area contributed by atoms with Crippen LogP contribution in [0.15, 0.2) is 60.9 Å². The Bertz CT molecular complexity index is 906. The van der Waals surface area contributed by atoms with Gasteiger partial charge >= 0.3 is 6.61 Å². The summed E-state index contributed by atoms with van der Waals surface area (Å²) in [5.41, 5.74) is 2.30. The van der Waals surface area contributed by atoms with Crippen molar-refractivity contribution in [1.82, 2.24) is 14.9 Å². The maximum atomic E-state index is 12.3. The van der Waals surface area contributed by atoms with E-state index < -0.39 is 6.61 Å². The van der Waals surface area contributed by atoms with Crippen LogP contribution in [0.1, 0.15) is 34.7 Å². The predicted molar refractivity (Wildman–Crippen MR) is 97.3 cm³/mol. The number of nitrogens with zero attached hydrogens (tertiary/aromatic N) is 2. The molecule has 0 fully saturated rings. The van der Waals surface area contributed by atoms with Gasteiger partial charge in [-0.15, -0.1) is 0 Å². The summed E-state index contributed by atoms with van der Waals surface area (Å²) in [6.45, 7) is 0.914. The Labute approximate surface area is 155 Å². The summed E-state index contributed by atoms with van der Waals surface area (Å²) >= 11 is 0. The fourth-order valence-corrected chi connectivity index (χ4v) is 2.73. The van der Waals surface area contributed by atoms with E-state index in [9.17, 15) is 13.6 Å². The molecule has 0 aliphatic rings. The standard InChI is InChI=1S/C20H19F2N3O2/c1-13(15-3-7-17(8-4-15)25-12-11-23-14(25)2)24-19(26)16-5-9-18(10-6-16)27-20(21)22/h3-13,20H,1-2H3,(H,24,26)/t13-/m0/s1. The van der Waals surface area contributed by atoms with Gasteiger partial charge in [0.25, 0.3) is 5.91 Å². The van der Waals surface area contributed by atoms with Crippen LogP contribution in [0.3, 0.4) is 0 Å². The van der Waals surface area contributed by atoms with Crippen molar-refractivity contribution in [2.45, 2.75) is 26.5 Å². The number of hydrogen-bond donors (Lipinski definition) is 1. The summed E-state index contributed by atoms with van der Waals surface area (Å²) in [5.74, 6) is 0.615. The molecule has 1 atom stereocenters. The Morgan fingerprint density at radius 3 is 2.33 bits per heavy atom. The number of amides is 1. The number of benzene rings is 2. The molecule has 3 rings (SSSR count). The van der Waals surface area contributed by atoms with Gasteiger partial charge in [0.1, 0.15) is 11.6 Å². The second-order valence-electron chi connectivity index (χ2n) is 6.03. The molecule has 1 heterocycles. The molecule has 0 aliphatic carbocycles. The second kappa shape index (κ2) is 7.99. The number of aryl methyl sites for hydroxylation is 1. The van der Waals surface area contributed by atoms with Crippen molar-refractivity contribution in [2.24, 2.45) is 0 Å². The molecule has 3 aromatic rings. The Balaban J connectivity index is 1.65. The van der Waals surface area contributed by atoms with Crippen LogP contribution in [-0.4, -0.2) is 22.1 Å². The quantitative estimate of drug-likeness (QED) is 0.704. The fourth-order valence-electron chi connectivity index (χ4n) is 2.73. The van der Waals surface area contributed by atoms with Gasteiger partial charge in [0.2, 0.25) is 0 Å². The molecule has 0 saturated heterocycles. The Hall–Kier alpha value is -3.22. The first-order chi connectivity index (χ1) is 12.9. The molecule has 140 valence electrons. The molecule has 0 saturated carbocycles. The van der Waals surface area contributed by atoms with Gasteiger partial charge in [-0.2, -0.15) is 8.78 Å². The third kappa shape index (κ3) is 4.49. The molecule has 0 bridgehead atoms. The van der Waals surface area contributed by atoms with Crippen molar-refractivity contribution in [3.05, 3.63) is 77.9 Å². The number of carbonyl (C=O) groups excluding carboxylic acids is 1. The topological polar surface area (TPSA) is 56.2 Å². The molecule has 1 aromatic heterocycles. The molecule has 0 spiro atoms. The highest BCUT2D eigenvalue weighted by Gasteiger charge is 2.13. The summed E-state index contributed by atoms with van der Waals surface area (Å²) in [5, 5.41) is 2.89. The lowest BCUT2D eigenvalue weighted by atomic mass is 10.1. The lowest BCUT2D eigenvalue weighted by molar-refractivity contribution is -0.0498. The van der Waals surface area contributed by atoms with E-state index in [1.165, 1.54) is 24.3 Å². The zero-order valence-corrected chi connectivity index (χ0v) is 14.9. The number of hydrogen-bond acceptors (Lipinski definition) is 3. The van der Waals surface area contributed by atoms with Crippen LogP contribution in [0.2, 0.25) is 0 Å². The van der Waals surface area contributed by atoms with E-state index in [4.69, 9.17) is 0 Å². The van der Waals surface area contributed by atoms with E-state index in [1.807, 2.05) is 48.9 Å². The van der Waals surface area contributed by atoms with E-state index in [0.717, 1.165) is 17.1 Å². The molecule has 5 nitrogen and oxygen atoms in total. The Kier molecular flexibility index (Phi) is 5.49. The predicted octanol–water partition coefficient (Wildman–Crippen LogP) is 4.27. The van der Waals surface area contributed by atoms with Gasteiger partial charge in [0.05, 0.1) is 6.04 Å². The van der Waals surface area contributed by atoms with Crippen molar-refractivity contribution < 1.29 is 18.3 Å². The Morgan fingerprint density at radius 1 is 1.11 bits per heavy atom. The van der Waals surface area contributed by atoms with E-state index in [1.54, 1.807) is 6.20 Å². The van der Waals surface area contributed by atoms with Crippen molar-refractivity contribution >= 4 is 5.91 Å². The molecule has 27 heavy (non-hydrogen) atoms. The summed E-state index contributed by atoms with van der Waals surface area (Å²) < 4.78 is 30.6. The molecular weight excluding hydrogens is 352 g/mol. The van der Waals surface area contributed by atoms with Gasteiger partial charge in [-0.1, -0.05) is 12.1 Å². The van der Waals surface area contributed by atoms with Crippen LogP contribution < -0.4 is 10.1 Å². The number of rotatable bonds is 6. The van der Waals surface area contributed by atoms with Crippen LogP contribution >= 0.6 is 0 Å². The minimum atomic E-state index is -2.89. The monoisotopic (exact) mass is 371 g/mol. The van der Waals surface area contributed by atoms with Crippen molar-refractivity contribution in [1.29, 1.82) is 0 Å². The first-order valence-electron chi connectivity index (χ1n) is 8.40. The lowest BCUT2D eigenvalue weighted by Crippen LogP contribution is -2.26. The maximum Gasteiger partial charge on any atom is 0.387 e. The number of nitrogens with one attached hydrogen (secondary N) is 1. The average Bonchev–Trinajstić information content (AvgIpc) is 3.08. The highest BCUT2D eigenvalue weighted by molar-refractivity contribution is 5.94. The number of aromatic nitrogens is 2. The smallest absolute Gasteiger partial charge is 0.387 e. The lowest BCUT2D eigenvalue weighted by Gasteiger charge is -2.15. The summed E-state index contributed by atoms with van der Waals surface area (Å²) in [6.07, 6.45) is 3.63. The van der Waals surface area contributed by atoms with Gasteiger partial charge in [-0.05, 0) is 55.8 Å². The molecule has 2 aromatic carbocycles. The molecular formula is C20H19F2N3O2. The van der Waals surface area contributed by atoms with E-state index in [0.29, 0.717) is 5.56 Å². The first-order valence-corrected chi connectivity index (χ1v) is 8.40. The average molecular weight is 371 g/mol. The number of imidazole rings is 1. The van der Waals surface area contributed by atoms with Crippen LogP contribution in [0.25, 0.3) is 5.69 Å². The summed E-state index contributed by atoms with van der Waals surface area (Å²) in [7, 11) is 0. The number of ether oxygens (including phenoxy) is 1. The van der Waals surface area contributed by atoms with E-state index in [2.05, 4.69) is 15.0 Å². The highest BCUT2D eigenvalue weighted by Crippen LogP contribution is 2.19. The molecule has 7 heteroatoms. The molecule has 0 radical (unpaired) electrons. The minimum Gasteiger partial charge on any atom is -0.435 e. The van der Waals surface area contributed by atoms with E-state index >= 15 is 0 Å². The first kappa shape index (κ1) is 18.6. The third-order valence-corrected chi connectivity index (χ3v) is 4.19.